The van der Waals surface area contributed by atoms with E-state index < -0.39 is 0 Å². The molecule has 1 aliphatic carbocycles. The van der Waals surface area contributed by atoms with Crippen LogP contribution in [0.3, 0.4) is 0 Å². The van der Waals surface area contributed by atoms with Gasteiger partial charge >= 0.3 is 0 Å². The normalized spacial score (nSPS) is 24.3. The van der Waals surface area contributed by atoms with Gasteiger partial charge in [0, 0.05) is 10.9 Å². The molecule has 2 N–H and O–H groups in total. The van der Waals surface area contributed by atoms with Crippen LogP contribution in [-0.2, 0) is 0 Å². The molecule has 2 unspecified atom stereocenters. The van der Waals surface area contributed by atoms with Gasteiger partial charge < -0.3 is 10.5 Å². The van der Waals surface area contributed by atoms with Crippen molar-refractivity contribution in [2.75, 3.05) is 0 Å². The standard InChI is InChI=1S/C13H17N3OS/c1-8-5-11-12(15-7-16-13(11)18-8)17-10-4-2-3-9(14)6-10/h5,7,9-10H,2-4,6,14H2,1H3. The molecule has 1 fully saturated rings. The van der Waals surface area contributed by atoms with E-state index in [1.807, 2.05) is 0 Å². The molecule has 18 heavy (non-hydrogen) atoms. The van der Waals surface area contributed by atoms with Gasteiger partial charge in [-0.15, -0.1) is 11.3 Å². The van der Waals surface area contributed by atoms with Gasteiger partial charge in [-0.2, -0.15) is 0 Å². The van der Waals surface area contributed by atoms with Gasteiger partial charge in [0.15, 0.2) is 0 Å². The first-order valence-electron chi connectivity index (χ1n) is 6.36. The second kappa shape index (κ2) is 4.82. The van der Waals surface area contributed by atoms with Crippen molar-refractivity contribution >= 4 is 21.6 Å². The summed E-state index contributed by atoms with van der Waals surface area (Å²) >= 11 is 1.67. The summed E-state index contributed by atoms with van der Waals surface area (Å²) in [5.41, 5.74) is 5.98. The van der Waals surface area contributed by atoms with E-state index in [2.05, 4.69) is 23.0 Å². The highest BCUT2D eigenvalue weighted by atomic mass is 32.1. The fourth-order valence-electron chi connectivity index (χ4n) is 2.49. The molecule has 2 heterocycles. The van der Waals surface area contributed by atoms with Crippen LogP contribution < -0.4 is 10.5 Å². The quantitative estimate of drug-likeness (QED) is 0.904. The van der Waals surface area contributed by atoms with Gasteiger partial charge in [-0.05, 0) is 38.7 Å². The number of rotatable bonds is 2. The van der Waals surface area contributed by atoms with Crippen LogP contribution in [0.25, 0.3) is 10.2 Å². The van der Waals surface area contributed by atoms with E-state index >= 15 is 0 Å². The van der Waals surface area contributed by atoms with E-state index in [1.54, 1.807) is 17.7 Å². The Balaban J connectivity index is 1.85. The average molecular weight is 263 g/mol. The van der Waals surface area contributed by atoms with E-state index in [1.165, 1.54) is 4.88 Å². The van der Waals surface area contributed by atoms with Crippen LogP contribution in [0.4, 0.5) is 0 Å². The summed E-state index contributed by atoms with van der Waals surface area (Å²) in [4.78, 5) is 10.8. The predicted octanol–water partition coefficient (Wildman–Crippen LogP) is 2.65. The molecule has 0 spiro atoms. The molecule has 0 amide bonds. The monoisotopic (exact) mass is 263 g/mol. The zero-order valence-electron chi connectivity index (χ0n) is 10.4. The minimum Gasteiger partial charge on any atom is -0.474 e. The van der Waals surface area contributed by atoms with Gasteiger partial charge in [0.1, 0.15) is 17.3 Å². The van der Waals surface area contributed by atoms with E-state index in [9.17, 15) is 0 Å². The minimum atomic E-state index is 0.201. The maximum absolute atomic E-state index is 6.03. The lowest BCUT2D eigenvalue weighted by molar-refractivity contribution is 0.140. The number of thiophene rings is 1. The summed E-state index contributed by atoms with van der Waals surface area (Å²) < 4.78 is 6.03. The van der Waals surface area contributed by atoms with Crippen LogP contribution >= 0.6 is 11.3 Å². The Labute approximate surface area is 110 Å². The molecule has 0 aliphatic heterocycles. The molecular weight excluding hydrogens is 246 g/mol. The van der Waals surface area contributed by atoms with Gasteiger partial charge in [0.05, 0.1) is 5.39 Å². The Morgan fingerprint density at radius 1 is 1.39 bits per heavy atom. The number of nitrogens with zero attached hydrogens (tertiary/aromatic N) is 2. The molecule has 2 atom stereocenters. The van der Waals surface area contributed by atoms with Crippen LogP contribution in [0.5, 0.6) is 5.88 Å². The summed E-state index contributed by atoms with van der Waals surface area (Å²) in [5.74, 6) is 0.712. The Bertz CT molecular complexity index is 554. The first kappa shape index (κ1) is 11.9. The van der Waals surface area contributed by atoms with E-state index in [0.29, 0.717) is 5.88 Å². The lowest BCUT2D eigenvalue weighted by atomic mass is 9.93. The zero-order valence-corrected chi connectivity index (χ0v) is 11.2. The molecule has 5 heteroatoms. The number of fused-ring (bicyclic) bond motifs is 1. The maximum Gasteiger partial charge on any atom is 0.225 e. The van der Waals surface area contributed by atoms with Gasteiger partial charge in [-0.25, -0.2) is 9.97 Å². The number of nitrogens with two attached hydrogens (primary N) is 1. The third-order valence-corrected chi connectivity index (χ3v) is 4.32. The van der Waals surface area contributed by atoms with Crippen molar-refractivity contribution in [3.63, 3.8) is 0 Å². The van der Waals surface area contributed by atoms with E-state index in [0.717, 1.165) is 35.9 Å². The molecule has 3 rings (SSSR count). The third kappa shape index (κ3) is 2.33. The Kier molecular flexibility index (Phi) is 3.18. The second-order valence-electron chi connectivity index (χ2n) is 4.92. The number of ether oxygens (including phenoxy) is 1. The highest BCUT2D eigenvalue weighted by Crippen LogP contribution is 2.31. The highest BCUT2D eigenvalue weighted by Gasteiger charge is 2.22. The molecule has 1 saturated carbocycles. The lowest BCUT2D eigenvalue weighted by Crippen LogP contribution is -2.33. The first-order valence-corrected chi connectivity index (χ1v) is 7.17. The van der Waals surface area contributed by atoms with Crippen molar-refractivity contribution in [2.24, 2.45) is 5.73 Å². The Hall–Kier alpha value is -1.20. The third-order valence-electron chi connectivity index (χ3n) is 3.36. The summed E-state index contributed by atoms with van der Waals surface area (Å²) in [7, 11) is 0. The molecule has 0 radical (unpaired) electrons. The summed E-state index contributed by atoms with van der Waals surface area (Å²) in [6.45, 7) is 2.08. The number of aryl methyl sites for hydroxylation is 1. The van der Waals surface area contributed by atoms with Gasteiger partial charge in [0.2, 0.25) is 5.88 Å². The zero-order chi connectivity index (χ0) is 12.5. The van der Waals surface area contributed by atoms with Crippen LogP contribution in [0.2, 0.25) is 0 Å². The minimum absolute atomic E-state index is 0.201. The van der Waals surface area contributed by atoms with Crippen LogP contribution in [0, 0.1) is 6.92 Å². The fourth-order valence-corrected chi connectivity index (χ4v) is 3.33. The topological polar surface area (TPSA) is 61.0 Å². The lowest BCUT2D eigenvalue weighted by Gasteiger charge is -2.26. The summed E-state index contributed by atoms with van der Waals surface area (Å²) in [5, 5.41) is 1.03. The smallest absolute Gasteiger partial charge is 0.225 e. The molecule has 4 nitrogen and oxygen atoms in total. The van der Waals surface area contributed by atoms with Crippen LogP contribution in [-0.4, -0.2) is 22.1 Å². The molecule has 1 aliphatic rings. The van der Waals surface area contributed by atoms with Crippen molar-refractivity contribution < 1.29 is 4.74 Å². The Morgan fingerprint density at radius 2 is 2.28 bits per heavy atom. The van der Waals surface area contributed by atoms with Crippen molar-refractivity contribution in [2.45, 2.75) is 44.8 Å². The van der Waals surface area contributed by atoms with E-state index in [4.69, 9.17) is 10.5 Å². The molecule has 2 aromatic heterocycles. The Morgan fingerprint density at radius 3 is 3.11 bits per heavy atom. The maximum atomic E-state index is 6.03. The number of aromatic nitrogens is 2. The average Bonchev–Trinajstić information content (AvgIpc) is 2.71. The van der Waals surface area contributed by atoms with Gasteiger partial charge in [0.25, 0.3) is 0 Å². The van der Waals surface area contributed by atoms with Crippen molar-refractivity contribution in [3.8, 4) is 5.88 Å². The van der Waals surface area contributed by atoms with Crippen molar-refractivity contribution in [1.29, 1.82) is 0 Å². The van der Waals surface area contributed by atoms with Crippen molar-refractivity contribution in [3.05, 3.63) is 17.3 Å². The van der Waals surface area contributed by atoms with Gasteiger partial charge in [-0.3, -0.25) is 0 Å². The molecule has 0 saturated heterocycles. The molecule has 96 valence electrons. The molecule has 0 aromatic carbocycles. The summed E-state index contributed by atoms with van der Waals surface area (Å²) in [6.07, 6.45) is 6.03. The van der Waals surface area contributed by atoms with Gasteiger partial charge in [-0.1, -0.05) is 0 Å². The predicted molar refractivity (Wildman–Crippen MR) is 73.0 cm³/mol. The van der Waals surface area contributed by atoms with Crippen LogP contribution in [0.15, 0.2) is 12.4 Å². The largest absolute Gasteiger partial charge is 0.474 e. The molecule has 2 aromatic rings. The SMILES string of the molecule is Cc1cc2c(OC3CCCC(N)C3)ncnc2s1. The summed E-state index contributed by atoms with van der Waals surface area (Å²) in [6, 6.07) is 2.36. The second-order valence-corrected chi connectivity index (χ2v) is 6.16. The molecular formula is C13H17N3OS. The first-order chi connectivity index (χ1) is 8.72. The van der Waals surface area contributed by atoms with Crippen LogP contribution in [0.1, 0.15) is 30.6 Å². The molecule has 0 bridgehead atoms. The highest BCUT2D eigenvalue weighted by molar-refractivity contribution is 7.18. The van der Waals surface area contributed by atoms with Crippen molar-refractivity contribution in [1.82, 2.24) is 9.97 Å². The number of hydrogen-bond donors (Lipinski definition) is 1. The fraction of sp³-hybridized carbons (Fsp3) is 0.538. The number of hydrogen-bond acceptors (Lipinski definition) is 5. The van der Waals surface area contributed by atoms with E-state index in [-0.39, 0.29) is 12.1 Å².